The van der Waals surface area contributed by atoms with E-state index in [1.54, 1.807) is 0 Å². The van der Waals surface area contributed by atoms with Gasteiger partial charge in [-0.3, -0.25) is 0 Å². The van der Waals surface area contributed by atoms with Gasteiger partial charge in [0.2, 0.25) is 0 Å². The van der Waals surface area contributed by atoms with Crippen LogP contribution in [0.5, 0.6) is 0 Å². The van der Waals surface area contributed by atoms with Crippen LogP contribution in [-0.2, 0) is 9.47 Å². The number of likely N-dealkylation sites (N-methyl/N-ethyl adjacent to an activating group) is 1. The number of nitrogens with zero attached hydrogens (tertiary/aromatic N) is 1. The molecule has 1 aliphatic heterocycles. The van der Waals surface area contributed by atoms with Crippen molar-refractivity contribution in [3.8, 4) is 0 Å². The van der Waals surface area contributed by atoms with Gasteiger partial charge in [0.15, 0.2) is 0 Å². The zero-order chi connectivity index (χ0) is 11.1. The summed E-state index contributed by atoms with van der Waals surface area (Å²) in [5.41, 5.74) is 0. The first-order valence-electron chi connectivity index (χ1n) is 5.79. The fourth-order valence-corrected chi connectivity index (χ4v) is 1.60. The number of nitrogens with one attached hydrogen (secondary N) is 1. The first kappa shape index (κ1) is 12.9. The molecule has 90 valence electrons. The van der Waals surface area contributed by atoms with Crippen LogP contribution in [0.3, 0.4) is 0 Å². The van der Waals surface area contributed by atoms with Crippen molar-refractivity contribution in [2.24, 2.45) is 0 Å². The summed E-state index contributed by atoms with van der Waals surface area (Å²) in [5, 5.41) is 3.32. The molecule has 1 heterocycles. The van der Waals surface area contributed by atoms with Gasteiger partial charge in [0.05, 0.1) is 25.9 Å². The van der Waals surface area contributed by atoms with Crippen LogP contribution in [0, 0.1) is 0 Å². The van der Waals surface area contributed by atoms with E-state index in [9.17, 15) is 0 Å². The van der Waals surface area contributed by atoms with Gasteiger partial charge in [-0.15, -0.1) is 0 Å². The third-order valence-electron chi connectivity index (χ3n) is 2.44. The summed E-state index contributed by atoms with van der Waals surface area (Å²) in [6, 6.07) is 0.533. The van der Waals surface area contributed by atoms with Gasteiger partial charge >= 0.3 is 0 Å². The van der Waals surface area contributed by atoms with Crippen molar-refractivity contribution in [2.75, 3.05) is 46.5 Å². The molecule has 1 fully saturated rings. The van der Waals surface area contributed by atoms with E-state index in [1.165, 1.54) is 0 Å². The summed E-state index contributed by atoms with van der Waals surface area (Å²) < 4.78 is 11.1. The van der Waals surface area contributed by atoms with Crippen molar-refractivity contribution in [3.63, 3.8) is 0 Å². The Morgan fingerprint density at radius 1 is 1.53 bits per heavy atom. The number of hydrogen-bond acceptors (Lipinski definition) is 4. The summed E-state index contributed by atoms with van der Waals surface area (Å²) >= 11 is 0. The second-order valence-electron chi connectivity index (χ2n) is 4.44. The zero-order valence-electron chi connectivity index (χ0n) is 10.2. The molecular formula is C11H24N2O2. The van der Waals surface area contributed by atoms with Crippen LogP contribution in [0.1, 0.15) is 13.8 Å². The van der Waals surface area contributed by atoms with Crippen LogP contribution >= 0.6 is 0 Å². The molecule has 1 saturated heterocycles. The minimum atomic E-state index is 0.253. The van der Waals surface area contributed by atoms with Gasteiger partial charge in [0.25, 0.3) is 0 Å². The normalized spacial score (nSPS) is 23.6. The monoisotopic (exact) mass is 216 g/mol. The van der Waals surface area contributed by atoms with Crippen molar-refractivity contribution in [1.29, 1.82) is 0 Å². The first-order valence-corrected chi connectivity index (χ1v) is 5.79. The predicted octanol–water partition coefficient (Wildman–Crippen LogP) is 0.332. The fraction of sp³-hybridized carbons (Fsp3) is 1.00. The van der Waals surface area contributed by atoms with Gasteiger partial charge in [-0.25, -0.2) is 0 Å². The Morgan fingerprint density at radius 3 is 3.00 bits per heavy atom. The third-order valence-corrected chi connectivity index (χ3v) is 2.44. The average Bonchev–Trinajstić information content (AvgIpc) is 2.17. The van der Waals surface area contributed by atoms with E-state index in [0.717, 1.165) is 32.8 Å². The minimum absolute atomic E-state index is 0.253. The van der Waals surface area contributed by atoms with Crippen LogP contribution in [0.2, 0.25) is 0 Å². The van der Waals surface area contributed by atoms with Crippen LogP contribution in [0.4, 0.5) is 0 Å². The molecule has 0 radical (unpaired) electrons. The van der Waals surface area contributed by atoms with Gasteiger partial charge in [0.1, 0.15) is 0 Å². The molecule has 0 amide bonds. The highest BCUT2D eigenvalue weighted by molar-refractivity contribution is 4.68. The zero-order valence-corrected chi connectivity index (χ0v) is 10.2. The average molecular weight is 216 g/mol. The Bertz CT molecular complexity index is 165. The van der Waals surface area contributed by atoms with Gasteiger partial charge in [-0.05, 0) is 7.05 Å². The van der Waals surface area contributed by atoms with E-state index in [4.69, 9.17) is 9.47 Å². The third kappa shape index (κ3) is 6.10. The van der Waals surface area contributed by atoms with Crippen molar-refractivity contribution in [2.45, 2.75) is 26.0 Å². The number of hydrogen-bond donors (Lipinski definition) is 1. The van der Waals surface area contributed by atoms with Crippen molar-refractivity contribution >= 4 is 0 Å². The molecule has 1 rings (SSSR count). The molecule has 1 aliphatic rings. The lowest BCUT2D eigenvalue weighted by molar-refractivity contribution is -0.0626. The van der Waals surface area contributed by atoms with E-state index < -0.39 is 0 Å². The SMILES string of the molecule is CC(C)NCCOCC1CN(C)CCO1. The van der Waals surface area contributed by atoms with E-state index in [0.29, 0.717) is 12.6 Å². The summed E-state index contributed by atoms with van der Waals surface area (Å²) in [5.74, 6) is 0. The van der Waals surface area contributed by atoms with Crippen molar-refractivity contribution in [1.82, 2.24) is 10.2 Å². The Morgan fingerprint density at radius 2 is 2.33 bits per heavy atom. The quantitative estimate of drug-likeness (QED) is 0.649. The lowest BCUT2D eigenvalue weighted by Gasteiger charge is -2.29. The van der Waals surface area contributed by atoms with Gasteiger partial charge in [-0.1, -0.05) is 13.8 Å². The number of ether oxygens (including phenoxy) is 2. The minimum Gasteiger partial charge on any atom is -0.377 e. The van der Waals surface area contributed by atoms with Crippen molar-refractivity contribution in [3.05, 3.63) is 0 Å². The molecule has 0 aromatic heterocycles. The molecule has 0 aromatic carbocycles. The highest BCUT2D eigenvalue weighted by Gasteiger charge is 2.17. The molecular weight excluding hydrogens is 192 g/mol. The molecule has 4 heteroatoms. The molecule has 1 unspecified atom stereocenters. The van der Waals surface area contributed by atoms with Crippen LogP contribution in [0.25, 0.3) is 0 Å². The van der Waals surface area contributed by atoms with E-state index in [-0.39, 0.29) is 6.10 Å². The molecule has 0 bridgehead atoms. The fourth-order valence-electron chi connectivity index (χ4n) is 1.60. The van der Waals surface area contributed by atoms with E-state index >= 15 is 0 Å². The Balaban J connectivity index is 1.95. The lowest BCUT2D eigenvalue weighted by atomic mass is 10.3. The summed E-state index contributed by atoms with van der Waals surface area (Å²) in [6.45, 7) is 9.52. The highest BCUT2D eigenvalue weighted by Crippen LogP contribution is 2.02. The smallest absolute Gasteiger partial charge is 0.0935 e. The second-order valence-corrected chi connectivity index (χ2v) is 4.44. The summed E-state index contributed by atoms with van der Waals surface area (Å²) in [6.07, 6.45) is 0.253. The first-order chi connectivity index (χ1) is 7.18. The van der Waals surface area contributed by atoms with E-state index in [1.807, 2.05) is 0 Å². The molecule has 0 aromatic rings. The Hall–Kier alpha value is -0.160. The predicted molar refractivity (Wildman–Crippen MR) is 61.2 cm³/mol. The lowest BCUT2D eigenvalue weighted by Crippen LogP contribution is -2.42. The molecule has 1 N–H and O–H groups in total. The topological polar surface area (TPSA) is 33.7 Å². The van der Waals surface area contributed by atoms with Gasteiger partial charge in [-0.2, -0.15) is 0 Å². The van der Waals surface area contributed by atoms with Crippen LogP contribution in [0.15, 0.2) is 0 Å². The molecule has 15 heavy (non-hydrogen) atoms. The maximum Gasteiger partial charge on any atom is 0.0935 e. The van der Waals surface area contributed by atoms with E-state index in [2.05, 4.69) is 31.1 Å². The highest BCUT2D eigenvalue weighted by atomic mass is 16.5. The second kappa shape index (κ2) is 7.17. The number of rotatable bonds is 6. The Kier molecular flexibility index (Phi) is 6.17. The van der Waals surface area contributed by atoms with Crippen LogP contribution < -0.4 is 5.32 Å². The van der Waals surface area contributed by atoms with Crippen molar-refractivity contribution < 1.29 is 9.47 Å². The molecule has 4 nitrogen and oxygen atoms in total. The molecule has 0 saturated carbocycles. The molecule has 1 atom stereocenters. The van der Waals surface area contributed by atoms with Gasteiger partial charge in [0, 0.05) is 25.7 Å². The standard InChI is InChI=1S/C11H24N2O2/c1-10(2)12-4-6-14-9-11-8-13(3)5-7-15-11/h10-12H,4-9H2,1-3H3. The summed E-state index contributed by atoms with van der Waals surface area (Å²) in [4.78, 5) is 2.28. The molecule has 0 spiro atoms. The maximum atomic E-state index is 5.59. The largest absolute Gasteiger partial charge is 0.377 e. The Labute approximate surface area is 92.9 Å². The molecule has 0 aliphatic carbocycles. The maximum absolute atomic E-state index is 5.59. The van der Waals surface area contributed by atoms with Gasteiger partial charge < -0.3 is 19.7 Å². The van der Waals surface area contributed by atoms with Crippen LogP contribution in [-0.4, -0.2) is 63.5 Å². The number of morpholine rings is 1. The summed E-state index contributed by atoms with van der Waals surface area (Å²) in [7, 11) is 2.12.